The molecule has 0 spiro atoms. The van der Waals surface area contributed by atoms with Crippen LogP contribution in [0.5, 0.6) is 0 Å². The predicted octanol–water partition coefficient (Wildman–Crippen LogP) is 6.35. The van der Waals surface area contributed by atoms with Crippen molar-refractivity contribution in [1.82, 2.24) is 0 Å². The van der Waals surface area contributed by atoms with Gasteiger partial charge in [-0.1, -0.05) is 62.4 Å². The van der Waals surface area contributed by atoms with Crippen LogP contribution in [0.1, 0.15) is 70.2 Å². The number of fused-ring (bicyclic) bond motifs is 2. The average Bonchev–Trinajstić information content (AvgIpc) is 3.10. The van der Waals surface area contributed by atoms with Crippen LogP contribution in [0.2, 0.25) is 0 Å². The number of rotatable bonds is 3. The highest BCUT2D eigenvalue weighted by Gasteiger charge is 2.17. The molecule has 2 aromatic rings. The van der Waals surface area contributed by atoms with Gasteiger partial charge in [0.15, 0.2) is 0 Å². The van der Waals surface area contributed by atoms with Crippen molar-refractivity contribution in [3.8, 4) is 0 Å². The summed E-state index contributed by atoms with van der Waals surface area (Å²) in [7, 11) is 0. The van der Waals surface area contributed by atoms with Crippen LogP contribution < -0.4 is 0 Å². The summed E-state index contributed by atoms with van der Waals surface area (Å²) < 4.78 is 0. The molecule has 122 valence electrons. The molecule has 0 radical (unpaired) electrons. The monoisotopic (exact) mass is 314 g/mol. The van der Waals surface area contributed by atoms with Crippen molar-refractivity contribution in [2.45, 2.75) is 52.4 Å². The highest BCUT2D eigenvalue weighted by Crippen LogP contribution is 2.34. The van der Waals surface area contributed by atoms with Gasteiger partial charge in [-0.25, -0.2) is 0 Å². The van der Waals surface area contributed by atoms with E-state index in [1.54, 1.807) is 0 Å². The van der Waals surface area contributed by atoms with E-state index in [0.29, 0.717) is 11.8 Å². The minimum atomic E-state index is 0.563. The summed E-state index contributed by atoms with van der Waals surface area (Å²) >= 11 is 0. The molecule has 24 heavy (non-hydrogen) atoms. The summed E-state index contributed by atoms with van der Waals surface area (Å²) in [6, 6.07) is 9.62. The Bertz CT molecular complexity index is 791. The van der Waals surface area contributed by atoms with Gasteiger partial charge in [0, 0.05) is 0 Å². The summed E-state index contributed by atoms with van der Waals surface area (Å²) in [5.74, 6) is 1.13. The number of aryl methyl sites for hydroxylation is 4. The molecule has 0 amide bonds. The second kappa shape index (κ2) is 5.77. The molecule has 2 unspecified atom stereocenters. The lowest BCUT2D eigenvalue weighted by molar-refractivity contribution is 0.921. The second-order valence-electron chi connectivity index (χ2n) is 7.63. The van der Waals surface area contributed by atoms with Crippen LogP contribution in [-0.2, 0) is 12.8 Å². The van der Waals surface area contributed by atoms with Crippen molar-refractivity contribution in [2.75, 3.05) is 0 Å². The number of hydrogen-bond acceptors (Lipinski definition) is 0. The third-order valence-corrected chi connectivity index (χ3v) is 5.74. The molecule has 0 heterocycles. The van der Waals surface area contributed by atoms with E-state index in [2.05, 4.69) is 76.3 Å². The first kappa shape index (κ1) is 15.4. The highest BCUT2D eigenvalue weighted by molar-refractivity contribution is 5.67. The van der Waals surface area contributed by atoms with Gasteiger partial charge >= 0.3 is 0 Å². The van der Waals surface area contributed by atoms with Crippen molar-refractivity contribution in [3.05, 3.63) is 80.9 Å². The van der Waals surface area contributed by atoms with Gasteiger partial charge < -0.3 is 0 Å². The molecule has 0 heteroatoms. The first-order chi connectivity index (χ1) is 11.5. The van der Waals surface area contributed by atoms with Crippen molar-refractivity contribution in [1.29, 1.82) is 0 Å². The molecule has 0 aromatic heterocycles. The minimum absolute atomic E-state index is 0.563. The zero-order chi connectivity index (χ0) is 16.8. The molecule has 0 bridgehead atoms. The van der Waals surface area contributed by atoms with Gasteiger partial charge in [-0.05, 0) is 83.0 Å². The molecule has 4 rings (SSSR count). The van der Waals surface area contributed by atoms with Crippen LogP contribution >= 0.6 is 0 Å². The summed E-state index contributed by atoms with van der Waals surface area (Å²) in [4.78, 5) is 0. The fraction of sp³-hybridized carbons (Fsp3) is 0.333. The van der Waals surface area contributed by atoms with Gasteiger partial charge in [0.05, 0.1) is 0 Å². The number of benzene rings is 2. The molecule has 0 fully saturated rings. The lowest BCUT2D eigenvalue weighted by atomic mass is 9.91. The quantitative estimate of drug-likeness (QED) is 0.619. The van der Waals surface area contributed by atoms with Crippen molar-refractivity contribution in [3.63, 3.8) is 0 Å². The van der Waals surface area contributed by atoms with Crippen molar-refractivity contribution < 1.29 is 0 Å². The van der Waals surface area contributed by atoms with Crippen LogP contribution in [0.25, 0.3) is 12.2 Å². The SMILES string of the molecule is Cc1cc(CCc2cc(C)c3c(c2)C(C)C=C3)cc2c1C=CC2C. The first-order valence-corrected chi connectivity index (χ1v) is 9.16. The molecule has 2 atom stereocenters. The Morgan fingerprint density at radius 2 is 1.08 bits per heavy atom. The fourth-order valence-corrected chi connectivity index (χ4v) is 4.28. The molecular formula is C24H26. The van der Waals surface area contributed by atoms with Crippen LogP contribution in [0.4, 0.5) is 0 Å². The number of allylic oxidation sites excluding steroid dienone is 2. The Morgan fingerprint density at radius 3 is 1.50 bits per heavy atom. The van der Waals surface area contributed by atoms with E-state index in [0.717, 1.165) is 12.8 Å². The normalized spacial score (nSPS) is 20.5. The molecule has 2 aliphatic carbocycles. The highest BCUT2D eigenvalue weighted by atomic mass is 14.2. The Labute approximate surface area is 145 Å². The molecule has 0 saturated heterocycles. The van der Waals surface area contributed by atoms with E-state index in [4.69, 9.17) is 0 Å². The van der Waals surface area contributed by atoms with E-state index in [1.807, 2.05) is 0 Å². The average molecular weight is 314 g/mol. The van der Waals surface area contributed by atoms with Crippen LogP contribution in [0.3, 0.4) is 0 Å². The van der Waals surface area contributed by atoms with E-state index < -0.39 is 0 Å². The summed E-state index contributed by atoms with van der Waals surface area (Å²) in [5.41, 5.74) is 11.7. The Morgan fingerprint density at radius 1 is 0.667 bits per heavy atom. The lowest BCUT2D eigenvalue weighted by Gasteiger charge is -2.13. The maximum atomic E-state index is 2.43. The van der Waals surface area contributed by atoms with Crippen molar-refractivity contribution >= 4 is 12.2 Å². The molecule has 0 nitrogen and oxygen atoms in total. The standard InChI is InChI=1S/C24H26/c1-15-5-9-21-17(3)11-19(13-23(15)21)7-8-20-12-18(4)22-10-6-16(2)24(22)14-20/h5-6,9-16H,7-8H2,1-4H3. The van der Waals surface area contributed by atoms with Crippen LogP contribution in [-0.4, -0.2) is 0 Å². The summed E-state index contributed by atoms with van der Waals surface area (Å²) in [6.45, 7) is 9.09. The predicted molar refractivity (Wildman–Crippen MR) is 105 cm³/mol. The Kier molecular flexibility index (Phi) is 3.72. The zero-order valence-corrected chi connectivity index (χ0v) is 15.2. The van der Waals surface area contributed by atoms with Gasteiger partial charge in [0.1, 0.15) is 0 Å². The van der Waals surface area contributed by atoms with E-state index in [-0.39, 0.29) is 0 Å². The third kappa shape index (κ3) is 2.55. The summed E-state index contributed by atoms with van der Waals surface area (Å²) in [6.07, 6.45) is 11.5. The number of hydrogen-bond donors (Lipinski definition) is 0. The summed E-state index contributed by atoms with van der Waals surface area (Å²) in [5, 5.41) is 0. The molecule has 0 aliphatic heterocycles. The molecule has 0 N–H and O–H groups in total. The minimum Gasteiger partial charge on any atom is -0.0767 e. The molecular weight excluding hydrogens is 288 g/mol. The fourth-order valence-electron chi connectivity index (χ4n) is 4.28. The second-order valence-corrected chi connectivity index (χ2v) is 7.63. The smallest absolute Gasteiger partial charge is 0.0000972 e. The molecule has 2 aromatic carbocycles. The molecule has 0 saturated carbocycles. The Balaban J connectivity index is 1.57. The maximum absolute atomic E-state index is 2.43. The van der Waals surface area contributed by atoms with Gasteiger partial charge in [0.2, 0.25) is 0 Å². The van der Waals surface area contributed by atoms with Crippen molar-refractivity contribution in [2.24, 2.45) is 0 Å². The van der Waals surface area contributed by atoms with Gasteiger partial charge in [-0.3, -0.25) is 0 Å². The van der Waals surface area contributed by atoms with Crippen LogP contribution in [0.15, 0.2) is 36.4 Å². The lowest BCUT2D eigenvalue weighted by Crippen LogP contribution is -1.99. The van der Waals surface area contributed by atoms with E-state index >= 15 is 0 Å². The maximum Gasteiger partial charge on any atom is -0.0000972 e. The van der Waals surface area contributed by atoms with E-state index in [1.165, 1.54) is 44.5 Å². The van der Waals surface area contributed by atoms with Gasteiger partial charge in [-0.2, -0.15) is 0 Å². The largest absolute Gasteiger partial charge is 0.0767 e. The Hall–Kier alpha value is -2.08. The third-order valence-electron chi connectivity index (χ3n) is 5.74. The van der Waals surface area contributed by atoms with Gasteiger partial charge in [0.25, 0.3) is 0 Å². The van der Waals surface area contributed by atoms with Crippen LogP contribution in [0, 0.1) is 13.8 Å². The first-order valence-electron chi connectivity index (χ1n) is 9.16. The topological polar surface area (TPSA) is 0 Å². The van der Waals surface area contributed by atoms with Gasteiger partial charge in [-0.15, -0.1) is 0 Å². The zero-order valence-electron chi connectivity index (χ0n) is 15.2. The van der Waals surface area contributed by atoms with E-state index in [9.17, 15) is 0 Å². The molecule has 2 aliphatic rings.